The van der Waals surface area contributed by atoms with Crippen molar-refractivity contribution in [2.24, 2.45) is 0 Å². The minimum absolute atomic E-state index is 0.725. The molecule has 1 aromatic rings. The van der Waals surface area contributed by atoms with Crippen LogP contribution in [0.1, 0.15) is 12.0 Å². The summed E-state index contributed by atoms with van der Waals surface area (Å²) in [5.41, 5.74) is 1.18. The average Bonchev–Trinajstić information content (AvgIpc) is 2.45. The van der Waals surface area contributed by atoms with Crippen LogP contribution in [0.25, 0.3) is 0 Å². The summed E-state index contributed by atoms with van der Waals surface area (Å²) in [6, 6.07) is 6.09. The molecule has 0 radical (unpaired) electrons. The summed E-state index contributed by atoms with van der Waals surface area (Å²) in [5.74, 6) is 0.919. The number of rotatable bonds is 10. The molecule has 1 rings (SSSR count). The van der Waals surface area contributed by atoms with Crippen LogP contribution in [0, 0.1) is 0 Å². The Balaban J connectivity index is 2.68. The van der Waals surface area contributed by atoms with E-state index in [4.69, 9.17) is 14.2 Å². The maximum atomic E-state index is 5.43. The van der Waals surface area contributed by atoms with Crippen molar-refractivity contribution < 1.29 is 14.2 Å². The lowest BCUT2D eigenvalue weighted by atomic mass is 10.2. The van der Waals surface area contributed by atoms with Gasteiger partial charge in [-0.15, -0.1) is 0 Å². The van der Waals surface area contributed by atoms with Crippen molar-refractivity contribution in [1.82, 2.24) is 4.90 Å². The van der Waals surface area contributed by atoms with Gasteiger partial charge in [0.15, 0.2) is 0 Å². The first-order valence-electron chi connectivity index (χ1n) is 6.74. The standard InChI is InChI=1S/C15H24BrNO3/c1-18-9-4-7-17(8-10-19-2)12-13-11-14(16)5-6-15(13)20-3/h5-6,11H,4,7-10,12H2,1-3H3. The summed E-state index contributed by atoms with van der Waals surface area (Å²) in [7, 11) is 5.17. The van der Waals surface area contributed by atoms with E-state index in [1.165, 1.54) is 5.56 Å². The van der Waals surface area contributed by atoms with E-state index in [9.17, 15) is 0 Å². The Hall–Kier alpha value is -0.620. The fourth-order valence-electron chi connectivity index (χ4n) is 2.03. The van der Waals surface area contributed by atoms with Crippen molar-refractivity contribution >= 4 is 15.9 Å². The molecule has 0 amide bonds. The highest BCUT2D eigenvalue weighted by molar-refractivity contribution is 9.10. The lowest BCUT2D eigenvalue weighted by Gasteiger charge is -2.23. The Bertz CT molecular complexity index is 387. The van der Waals surface area contributed by atoms with Crippen LogP contribution in [0.4, 0.5) is 0 Å². The maximum Gasteiger partial charge on any atom is 0.123 e. The molecule has 0 saturated heterocycles. The van der Waals surface area contributed by atoms with Gasteiger partial charge in [-0.05, 0) is 24.6 Å². The first kappa shape index (κ1) is 17.4. The van der Waals surface area contributed by atoms with Gasteiger partial charge in [0.1, 0.15) is 5.75 Å². The first-order valence-corrected chi connectivity index (χ1v) is 7.53. The predicted octanol–water partition coefficient (Wildman–Crippen LogP) is 2.94. The zero-order chi connectivity index (χ0) is 14.8. The van der Waals surface area contributed by atoms with Gasteiger partial charge in [0.2, 0.25) is 0 Å². The molecule has 0 saturated carbocycles. The highest BCUT2D eigenvalue weighted by Crippen LogP contribution is 2.24. The molecule has 0 aliphatic heterocycles. The lowest BCUT2D eigenvalue weighted by molar-refractivity contribution is 0.128. The molecule has 4 nitrogen and oxygen atoms in total. The third kappa shape index (κ3) is 6.22. The first-order chi connectivity index (χ1) is 9.71. The summed E-state index contributed by atoms with van der Waals surface area (Å²) in [6.45, 7) is 4.22. The summed E-state index contributed by atoms with van der Waals surface area (Å²) >= 11 is 3.51. The van der Waals surface area contributed by atoms with Gasteiger partial charge < -0.3 is 14.2 Å². The van der Waals surface area contributed by atoms with Gasteiger partial charge in [0.25, 0.3) is 0 Å². The molecule has 0 spiro atoms. The van der Waals surface area contributed by atoms with Gasteiger partial charge in [-0.2, -0.15) is 0 Å². The number of hydrogen-bond donors (Lipinski definition) is 0. The van der Waals surface area contributed by atoms with Crippen molar-refractivity contribution in [2.75, 3.05) is 47.6 Å². The zero-order valence-electron chi connectivity index (χ0n) is 12.5. The van der Waals surface area contributed by atoms with E-state index >= 15 is 0 Å². The maximum absolute atomic E-state index is 5.43. The van der Waals surface area contributed by atoms with Gasteiger partial charge in [-0.1, -0.05) is 15.9 Å². The highest BCUT2D eigenvalue weighted by Gasteiger charge is 2.10. The van der Waals surface area contributed by atoms with Crippen LogP contribution in [0.2, 0.25) is 0 Å². The molecular weight excluding hydrogens is 322 g/mol. The van der Waals surface area contributed by atoms with Crippen molar-refractivity contribution in [3.63, 3.8) is 0 Å². The molecule has 0 aliphatic rings. The lowest BCUT2D eigenvalue weighted by Crippen LogP contribution is -2.29. The van der Waals surface area contributed by atoms with E-state index in [2.05, 4.69) is 26.9 Å². The van der Waals surface area contributed by atoms with E-state index in [1.807, 2.05) is 12.1 Å². The molecule has 0 aliphatic carbocycles. The van der Waals surface area contributed by atoms with E-state index < -0.39 is 0 Å². The largest absolute Gasteiger partial charge is 0.496 e. The SMILES string of the molecule is COCCCN(CCOC)Cc1cc(Br)ccc1OC. The normalized spacial score (nSPS) is 11.1. The fraction of sp³-hybridized carbons (Fsp3) is 0.600. The summed E-state index contributed by atoms with van der Waals surface area (Å²) in [5, 5.41) is 0. The molecule has 114 valence electrons. The van der Waals surface area contributed by atoms with Gasteiger partial charge in [-0.3, -0.25) is 4.90 Å². The zero-order valence-corrected chi connectivity index (χ0v) is 14.1. The number of nitrogens with zero attached hydrogens (tertiary/aromatic N) is 1. The fourth-order valence-corrected chi connectivity index (χ4v) is 2.44. The molecule has 0 bridgehead atoms. The summed E-state index contributed by atoms with van der Waals surface area (Å²) < 4.78 is 16.8. The predicted molar refractivity (Wildman–Crippen MR) is 84.3 cm³/mol. The Morgan fingerprint density at radius 1 is 1.05 bits per heavy atom. The molecule has 0 aromatic heterocycles. The third-order valence-corrected chi connectivity index (χ3v) is 3.56. The molecular formula is C15H24BrNO3. The Morgan fingerprint density at radius 2 is 1.80 bits per heavy atom. The van der Waals surface area contributed by atoms with Crippen LogP contribution < -0.4 is 4.74 Å². The minimum Gasteiger partial charge on any atom is -0.496 e. The van der Waals surface area contributed by atoms with E-state index in [-0.39, 0.29) is 0 Å². The number of hydrogen-bond acceptors (Lipinski definition) is 4. The Labute approximate surface area is 130 Å². The van der Waals surface area contributed by atoms with Crippen LogP contribution in [0.5, 0.6) is 5.75 Å². The number of benzene rings is 1. The molecule has 5 heteroatoms. The van der Waals surface area contributed by atoms with Crippen molar-refractivity contribution in [2.45, 2.75) is 13.0 Å². The molecule has 20 heavy (non-hydrogen) atoms. The smallest absolute Gasteiger partial charge is 0.123 e. The highest BCUT2D eigenvalue weighted by atomic mass is 79.9. The molecule has 0 atom stereocenters. The van der Waals surface area contributed by atoms with Gasteiger partial charge >= 0.3 is 0 Å². The Kier molecular flexibility index (Phi) is 8.85. The second-order valence-corrected chi connectivity index (χ2v) is 5.49. The van der Waals surface area contributed by atoms with Gasteiger partial charge in [-0.25, -0.2) is 0 Å². The summed E-state index contributed by atoms with van der Waals surface area (Å²) in [6.07, 6.45) is 1.01. The van der Waals surface area contributed by atoms with E-state index in [0.29, 0.717) is 0 Å². The number of methoxy groups -OCH3 is 3. The van der Waals surface area contributed by atoms with Crippen LogP contribution in [-0.4, -0.2) is 52.5 Å². The van der Waals surface area contributed by atoms with Crippen LogP contribution in [0.3, 0.4) is 0 Å². The van der Waals surface area contributed by atoms with Gasteiger partial charge in [0.05, 0.1) is 13.7 Å². The van der Waals surface area contributed by atoms with Crippen molar-refractivity contribution in [3.8, 4) is 5.75 Å². The Morgan fingerprint density at radius 3 is 2.45 bits per heavy atom. The van der Waals surface area contributed by atoms with Crippen molar-refractivity contribution in [3.05, 3.63) is 28.2 Å². The van der Waals surface area contributed by atoms with E-state index in [0.717, 1.165) is 49.5 Å². The molecule has 0 N–H and O–H groups in total. The van der Waals surface area contributed by atoms with Gasteiger partial charge in [0, 0.05) is 50.5 Å². The minimum atomic E-state index is 0.725. The second kappa shape index (κ2) is 10.2. The monoisotopic (exact) mass is 345 g/mol. The second-order valence-electron chi connectivity index (χ2n) is 4.57. The third-order valence-electron chi connectivity index (χ3n) is 3.07. The molecule has 0 unspecified atom stereocenters. The van der Waals surface area contributed by atoms with E-state index in [1.54, 1.807) is 21.3 Å². The average molecular weight is 346 g/mol. The molecule has 1 aromatic carbocycles. The van der Waals surface area contributed by atoms with Crippen LogP contribution in [0.15, 0.2) is 22.7 Å². The molecule has 0 fully saturated rings. The topological polar surface area (TPSA) is 30.9 Å². The van der Waals surface area contributed by atoms with Crippen LogP contribution >= 0.6 is 15.9 Å². The summed E-state index contributed by atoms with van der Waals surface area (Å²) in [4.78, 5) is 2.35. The van der Waals surface area contributed by atoms with Crippen LogP contribution in [-0.2, 0) is 16.0 Å². The number of halogens is 1. The quantitative estimate of drug-likeness (QED) is 0.610. The molecule has 0 heterocycles. The van der Waals surface area contributed by atoms with Crippen molar-refractivity contribution in [1.29, 1.82) is 0 Å². The number of ether oxygens (including phenoxy) is 3.